The number of para-hydroxylation sites is 1. The van der Waals surface area contributed by atoms with Crippen LogP contribution >= 0.6 is 0 Å². The van der Waals surface area contributed by atoms with Gasteiger partial charge in [0.25, 0.3) is 0 Å². The summed E-state index contributed by atoms with van der Waals surface area (Å²) < 4.78 is 0. The van der Waals surface area contributed by atoms with Gasteiger partial charge in [-0.25, -0.2) is 0 Å². The number of rotatable bonds is 0. The summed E-state index contributed by atoms with van der Waals surface area (Å²) in [6.45, 7) is 3.08. The number of hydrogen-bond acceptors (Lipinski definition) is 1. The fraction of sp³-hybridized carbons (Fsp3) is 0.143. The van der Waals surface area contributed by atoms with Crippen molar-refractivity contribution in [2.45, 2.75) is 13.5 Å². The molecule has 2 aromatic rings. The van der Waals surface area contributed by atoms with E-state index in [0.717, 1.165) is 6.54 Å². The van der Waals surface area contributed by atoms with Gasteiger partial charge in [-0.2, -0.15) is 0 Å². The van der Waals surface area contributed by atoms with E-state index in [1.165, 1.54) is 27.9 Å². The molecule has 74 valence electrons. The second-order valence-corrected chi connectivity index (χ2v) is 4.06. The van der Waals surface area contributed by atoms with Crippen molar-refractivity contribution in [3.8, 4) is 11.1 Å². The third-order valence-corrected chi connectivity index (χ3v) is 2.95. The molecule has 0 spiro atoms. The molecule has 0 bridgehead atoms. The highest BCUT2D eigenvalue weighted by molar-refractivity contribution is 5.82. The molecule has 1 nitrogen and oxygen atoms in total. The summed E-state index contributed by atoms with van der Waals surface area (Å²) in [6, 6.07) is 15.2. The van der Waals surface area contributed by atoms with Gasteiger partial charge < -0.3 is 5.32 Å². The zero-order valence-electron chi connectivity index (χ0n) is 8.75. The van der Waals surface area contributed by atoms with Crippen LogP contribution in [0.1, 0.15) is 11.1 Å². The summed E-state index contributed by atoms with van der Waals surface area (Å²) in [4.78, 5) is 0. The van der Waals surface area contributed by atoms with E-state index in [2.05, 4.69) is 54.7 Å². The molecule has 15 heavy (non-hydrogen) atoms. The predicted molar refractivity (Wildman–Crippen MR) is 63.9 cm³/mol. The normalized spacial score (nSPS) is 12.6. The van der Waals surface area contributed by atoms with Gasteiger partial charge in [-0.3, -0.25) is 0 Å². The van der Waals surface area contributed by atoms with Gasteiger partial charge in [0.2, 0.25) is 0 Å². The van der Waals surface area contributed by atoms with Gasteiger partial charge in [-0.15, -0.1) is 0 Å². The van der Waals surface area contributed by atoms with E-state index in [1.54, 1.807) is 0 Å². The Hall–Kier alpha value is -1.76. The highest BCUT2D eigenvalue weighted by atomic mass is 14.9. The lowest BCUT2D eigenvalue weighted by Crippen LogP contribution is -2.08. The zero-order valence-corrected chi connectivity index (χ0v) is 8.75. The van der Waals surface area contributed by atoms with Crippen molar-refractivity contribution in [3.05, 3.63) is 53.6 Å². The van der Waals surface area contributed by atoms with Crippen LogP contribution in [0.15, 0.2) is 42.5 Å². The molecule has 0 unspecified atom stereocenters. The lowest BCUT2D eigenvalue weighted by Gasteiger charge is -2.21. The second kappa shape index (κ2) is 3.13. The van der Waals surface area contributed by atoms with Gasteiger partial charge in [0.1, 0.15) is 0 Å². The SMILES string of the molecule is Cc1ccc2c(c1)CNc1ccccc1-2. The number of aryl methyl sites for hydroxylation is 1. The van der Waals surface area contributed by atoms with E-state index in [-0.39, 0.29) is 0 Å². The minimum atomic E-state index is 0.939. The fourth-order valence-corrected chi connectivity index (χ4v) is 2.19. The smallest absolute Gasteiger partial charge is 0.0422 e. The van der Waals surface area contributed by atoms with Crippen molar-refractivity contribution < 1.29 is 0 Å². The number of benzene rings is 2. The van der Waals surface area contributed by atoms with E-state index >= 15 is 0 Å². The maximum Gasteiger partial charge on any atom is 0.0422 e. The van der Waals surface area contributed by atoms with Crippen LogP contribution < -0.4 is 5.32 Å². The summed E-state index contributed by atoms with van der Waals surface area (Å²) >= 11 is 0. The maximum atomic E-state index is 3.45. The first kappa shape index (κ1) is 8.54. The lowest BCUT2D eigenvalue weighted by atomic mass is 9.93. The molecule has 0 amide bonds. The Balaban J connectivity index is 2.26. The monoisotopic (exact) mass is 195 g/mol. The molecule has 0 atom stereocenters. The Kier molecular flexibility index (Phi) is 1.78. The van der Waals surface area contributed by atoms with E-state index < -0.39 is 0 Å². The van der Waals surface area contributed by atoms with Gasteiger partial charge in [0.05, 0.1) is 0 Å². The molecule has 0 saturated heterocycles. The molecule has 0 saturated carbocycles. The van der Waals surface area contributed by atoms with Crippen LogP contribution in [0.5, 0.6) is 0 Å². The zero-order chi connectivity index (χ0) is 10.3. The minimum absolute atomic E-state index is 0.939. The molecule has 0 aliphatic carbocycles. The van der Waals surface area contributed by atoms with Gasteiger partial charge in [-0.1, -0.05) is 42.0 Å². The highest BCUT2D eigenvalue weighted by Crippen LogP contribution is 2.35. The van der Waals surface area contributed by atoms with Crippen LogP contribution in [0, 0.1) is 6.92 Å². The summed E-state index contributed by atoms with van der Waals surface area (Å²) in [6.07, 6.45) is 0. The standard InChI is InChI=1S/C14H13N/c1-10-6-7-12-11(8-10)9-15-14-5-3-2-4-13(12)14/h2-8,15H,9H2,1H3. The Morgan fingerprint density at radius 3 is 2.80 bits per heavy atom. The third-order valence-electron chi connectivity index (χ3n) is 2.95. The van der Waals surface area contributed by atoms with Crippen LogP contribution in [-0.2, 0) is 6.54 Å². The van der Waals surface area contributed by atoms with Gasteiger partial charge in [-0.05, 0) is 24.1 Å². The Morgan fingerprint density at radius 2 is 1.87 bits per heavy atom. The fourth-order valence-electron chi connectivity index (χ4n) is 2.19. The molecule has 2 aromatic carbocycles. The average molecular weight is 195 g/mol. The van der Waals surface area contributed by atoms with Crippen molar-refractivity contribution in [1.82, 2.24) is 0 Å². The molecule has 3 rings (SSSR count). The summed E-state index contributed by atoms with van der Waals surface area (Å²) in [5, 5.41) is 3.45. The third kappa shape index (κ3) is 1.32. The summed E-state index contributed by atoms with van der Waals surface area (Å²) in [5.41, 5.74) is 6.66. The molecule has 1 heteroatoms. The lowest BCUT2D eigenvalue weighted by molar-refractivity contribution is 1.12. The van der Waals surface area contributed by atoms with Gasteiger partial charge in [0, 0.05) is 17.8 Å². The predicted octanol–water partition coefficient (Wildman–Crippen LogP) is 3.59. The Morgan fingerprint density at radius 1 is 1.00 bits per heavy atom. The van der Waals surface area contributed by atoms with Crippen molar-refractivity contribution in [1.29, 1.82) is 0 Å². The van der Waals surface area contributed by atoms with Crippen molar-refractivity contribution >= 4 is 5.69 Å². The van der Waals surface area contributed by atoms with Crippen LogP contribution in [-0.4, -0.2) is 0 Å². The molecule has 0 fully saturated rings. The Bertz CT molecular complexity index is 514. The maximum absolute atomic E-state index is 3.45. The van der Waals surface area contributed by atoms with Gasteiger partial charge in [0.15, 0.2) is 0 Å². The molecule has 0 radical (unpaired) electrons. The van der Waals surface area contributed by atoms with Crippen molar-refractivity contribution in [3.63, 3.8) is 0 Å². The van der Waals surface area contributed by atoms with Gasteiger partial charge >= 0.3 is 0 Å². The second-order valence-electron chi connectivity index (χ2n) is 4.06. The molecule has 1 heterocycles. The minimum Gasteiger partial charge on any atom is -0.380 e. The highest BCUT2D eigenvalue weighted by Gasteiger charge is 2.13. The number of anilines is 1. The summed E-state index contributed by atoms with van der Waals surface area (Å²) in [5.74, 6) is 0. The largest absolute Gasteiger partial charge is 0.380 e. The first-order valence-electron chi connectivity index (χ1n) is 5.27. The van der Waals surface area contributed by atoms with Crippen molar-refractivity contribution in [2.24, 2.45) is 0 Å². The van der Waals surface area contributed by atoms with E-state index in [4.69, 9.17) is 0 Å². The quantitative estimate of drug-likeness (QED) is 0.677. The molecular formula is C14H13N. The number of fused-ring (bicyclic) bond motifs is 3. The average Bonchev–Trinajstić information content (AvgIpc) is 2.28. The molecule has 0 aromatic heterocycles. The Labute approximate surface area is 89.8 Å². The molecular weight excluding hydrogens is 182 g/mol. The number of hydrogen-bond donors (Lipinski definition) is 1. The van der Waals surface area contributed by atoms with Crippen molar-refractivity contribution in [2.75, 3.05) is 5.32 Å². The van der Waals surface area contributed by atoms with E-state index in [1.807, 2.05) is 0 Å². The van der Waals surface area contributed by atoms with Crippen LogP contribution in [0.2, 0.25) is 0 Å². The van der Waals surface area contributed by atoms with E-state index in [0.29, 0.717) is 0 Å². The van der Waals surface area contributed by atoms with Crippen LogP contribution in [0.25, 0.3) is 11.1 Å². The van der Waals surface area contributed by atoms with Crippen LogP contribution in [0.3, 0.4) is 0 Å². The molecule has 1 aliphatic rings. The number of nitrogens with one attached hydrogen (secondary N) is 1. The first-order valence-corrected chi connectivity index (χ1v) is 5.27. The molecule has 1 N–H and O–H groups in total. The molecule has 1 aliphatic heterocycles. The topological polar surface area (TPSA) is 12.0 Å². The first-order chi connectivity index (χ1) is 7.34. The van der Waals surface area contributed by atoms with E-state index in [9.17, 15) is 0 Å². The van der Waals surface area contributed by atoms with Crippen LogP contribution in [0.4, 0.5) is 5.69 Å². The summed E-state index contributed by atoms with van der Waals surface area (Å²) in [7, 11) is 0.